The quantitative estimate of drug-likeness (QED) is 0.148. The van der Waals surface area contributed by atoms with Crippen LogP contribution in [-0.2, 0) is 14.3 Å². The van der Waals surface area contributed by atoms with Crippen LogP contribution in [-0.4, -0.2) is 32.2 Å². The number of thiophene rings is 1. The zero-order chi connectivity index (χ0) is 23.3. The second kappa shape index (κ2) is 20.1. The number of esters is 2. The van der Waals surface area contributed by atoms with Crippen LogP contribution in [0.4, 0.5) is 5.69 Å². The molecule has 1 aromatic heterocycles. The van der Waals surface area contributed by atoms with Gasteiger partial charge in [0.2, 0.25) is 0 Å². The lowest BCUT2D eigenvalue weighted by Crippen LogP contribution is -2.07. The zero-order valence-corrected chi connectivity index (χ0v) is 21.2. The third kappa shape index (κ3) is 15.3. The first-order valence-corrected chi connectivity index (χ1v) is 13.6. The number of rotatable bonds is 21. The van der Waals surface area contributed by atoms with Gasteiger partial charge in [-0.25, -0.2) is 4.79 Å². The monoisotopic (exact) mass is 467 g/mol. The van der Waals surface area contributed by atoms with Crippen LogP contribution >= 0.6 is 11.3 Å². The normalized spacial score (nSPS) is 10.8. The molecule has 32 heavy (non-hydrogen) atoms. The smallest absolute Gasteiger partial charge is 0.348 e. The van der Waals surface area contributed by atoms with Crippen molar-refractivity contribution in [3.05, 3.63) is 16.3 Å². The number of hydrogen-bond acceptors (Lipinski definition) is 6. The second-order valence-electron chi connectivity index (χ2n) is 8.54. The molecule has 0 bridgehead atoms. The molecule has 1 aromatic rings. The fourth-order valence-electron chi connectivity index (χ4n) is 3.64. The van der Waals surface area contributed by atoms with Gasteiger partial charge < -0.3 is 14.8 Å². The fourth-order valence-corrected chi connectivity index (χ4v) is 4.40. The van der Waals surface area contributed by atoms with Crippen molar-refractivity contribution < 1.29 is 19.1 Å². The molecule has 0 spiro atoms. The van der Waals surface area contributed by atoms with E-state index in [1.807, 2.05) is 11.4 Å². The number of nitrogens with one attached hydrogen (secondary N) is 1. The van der Waals surface area contributed by atoms with Gasteiger partial charge in [-0.3, -0.25) is 4.79 Å². The molecule has 1 rings (SSSR count). The van der Waals surface area contributed by atoms with Gasteiger partial charge in [0.1, 0.15) is 4.88 Å². The van der Waals surface area contributed by atoms with Crippen LogP contribution in [0.2, 0.25) is 0 Å². The van der Waals surface area contributed by atoms with Gasteiger partial charge in [0.05, 0.1) is 13.7 Å². The standard InChI is InChI=1S/C26H45NO4S/c1-3-4-5-6-7-8-9-10-11-12-13-14-15-16-19-27-23-21-24(32-22-23)26(29)31-20-17-18-25(28)30-2/h21-22,27H,3-20H2,1-2H3. The zero-order valence-electron chi connectivity index (χ0n) is 20.4. The highest BCUT2D eigenvalue weighted by Gasteiger charge is 2.11. The largest absolute Gasteiger partial charge is 0.469 e. The Kier molecular flexibility index (Phi) is 17.9. The van der Waals surface area contributed by atoms with Crippen molar-refractivity contribution in [1.29, 1.82) is 0 Å². The van der Waals surface area contributed by atoms with E-state index < -0.39 is 0 Å². The van der Waals surface area contributed by atoms with E-state index >= 15 is 0 Å². The van der Waals surface area contributed by atoms with Gasteiger partial charge in [0, 0.05) is 24.0 Å². The lowest BCUT2D eigenvalue weighted by molar-refractivity contribution is -0.140. The van der Waals surface area contributed by atoms with Gasteiger partial charge in [-0.15, -0.1) is 11.3 Å². The van der Waals surface area contributed by atoms with Crippen LogP contribution in [0.5, 0.6) is 0 Å². The van der Waals surface area contributed by atoms with Gasteiger partial charge >= 0.3 is 11.9 Å². The minimum atomic E-state index is -0.329. The maximum Gasteiger partial charge on any atom is 0.348 e. The van der Waals surface area contributed by atoms with Crippen molar-refractivity contribution in [2.24, 2.45) is 0 Å². The van der Waals surface area contributed by atoms with Crippen LogP contribution in [0.1, 0.15) is 119 Å². The summed E-state index contributed by atoms with van der Waals surface area (Å²) >= 11 is 1.39. The summed E-state index contributed by atoms with van der Waals surface area (Å²) in [7, 11) is 1.35. The molecule has 0 aliphatic heterocycles. The van der Waals surface area contributed by atoms with Gasteiger partial charge in [-0.2, -0.15) is 0 Å². The Hall–Kier alpha value is -1.56. The summed E-state index contributed by atoms with van der Waals surface area (Å²) in [6.07, 6.45) is 19.8. The summed E-state index contributed by atoms with van der Waals surface area (Å²) in [5.74, 6) is -0.614. The fraction of sp³-hybridized carbons (Fsp3) is 0.769. The molecular formula is C26H45NO4S. The molecule has 0 saturated heterocycles. The predicted molar refractivity (Wildman–Crippen MR) is 135 cm³/mol. The first-order chi connectivity index (χ1) is 15.7. The van der Waals surface area contributed by atoms with E-state index in [0.717, 1.165) is 18.7 Å². The van der Waals surface area contributed by atoms with Crippen molar-refractivity contribution in [2.75, 3.05) is 25.6 Å². The highest BCUT2D eigenvalue weighted by molar-refractivity contribution is 7.12. The van der Waals surface area contributed by atoms with Crippen LogP contribution < -0.4 is 5.32 Å². The number of carbonyl (C=O) groups excluding carboxylic acids is 2. The Morgan fingerprint density at radius 3 is 1.97 bits per heavy atom. The highest BCUT2D eigenvalue weighted by Crippen LogP contribution is 2.20. The average molecular weight is 468 g/mol. The van der Waals surface area contributed by atoms with Crippen molar-refractivity contribution >= 4 is 29.0 Å². The summed E-state index contributed by atoms with van der Waals surface area (Å²) in [6, 6.07) is 1.84. The predicted octanol–water partition coefficient (Wildman–Crippen LogP) is 7.75. The lowest BCUT2D eigenvalue weighted by atomic mass is 10.0. The molecule has 0 unspecified atom stereocenters. The molecule has 6 heteroatoms. The molecule has 1 heterocycles. The van der Waals surface area contributed by atoms with Gasteiger partial charge in [0.15, 0.2) is 0 Å². The van der Waals surface area contributed by atoms with Crippen LogP contribution in [0.15, 0.2) is 11.4 Å². The van der Waals surface area contributed by atoms with E-state index in [2.05, 4.69) is 17.0 Å². The van der Waals surface area contributed by atoms with E-state index in [9.17, 15) is 9.59 Å². The third-order valence-electron chi connectivity index (χ3n) is 5.65. The molecule has 1 N–H and O–H groups in total. The third-order valence-corrected chi connectivity index (χ3v) is 6.56. The van der Waals surface area contributed by atoms with Gasteiger partial charge in [0.25, 0.3) is 0 Å². The number of unbranched alkanes of at least 4 members (excludes halogenated alkanes) is 13. The molecular weight excluding hydrogens is 422 g/mol. The topological polar surface area (TPSA) is 64.6 Å². The minimum Gasteiger partial charge on any atom is -0.469 e. The summed E-state index contributed by atoms with van der Waals surface area (Å²) in [5, 5.41) is 5.35. The van der Waals surface area contributed by atoms with Crippen molar-refractivity contribution in [1.82, 2.24) is 0 Å². The molecule has 0 fully saturated rings. The molecule has 0 aliphatic rings. The summed E-state index contributed by atoms with van der Waals surface area (Å²) in [5.41, 5.74) is 0.978. The van der Waals surface area contributed by atoms with E-state index in [1.165, 1.54) is 102 Å². The first-order valence-electron chi connectivity index (χ1n) is 12.7. The van der Waals surface area contributed by atoms with Crippen LogP contribution in [0, 0.1) is 0 Å². The molecule has 0 aliphatic carbocycles. The molecule has 0 aromatic carbocycles. The number of methoxy groups -OCH3 is 1. The van der Waals surface area contributed by atoms with Gasteiger partial charge in [-0.05, 0) is 18.9 Å². The Bertz CT molecular complexity index is 602. The van der Waals surface area contributed by atoms with Crippen molar-refractivity contribution in [3.8, 4) is 0 Å². The lowest BCUT2D eigenvalue weighted by Gasteiger charge is -2.05. The Labute approximate surface area is 199 Å². The number of hydrogen-bond donors (Lipinski definition) is 1. The molecule has 0 amide bonds. The molecule has 184 valence electrons. The minimum absolute atomic E-state index is 0.230. The summed E-state index contributed by atoms with van der Waals surface area (Å²) < 4.78 is 9.77. The highest BCUT2D eigenvalue weighted by atomic mass is 32.1. The maximum absolute atomic E-state index is 12.0. The van der Waals surface area contributed by atoms with Gasteiger partial charge in [-0.1, -0.05) is 90.4 Å². The van der Waals surface area contributed by atoms with Crippen molar-refractivity contribution in [2.45, 2.75) is 110 Å². The molecule has 0 radical (unpaired) electrons. The molecule has 0 saturated carbocycles. The average Bonchev–Trinajstić information content (AvgIpc) is 3.28. The number of anilines is 1. The van der Waals surface area contributed by atoms with E-state index in [4.69, 9.17) is 4.74 Å². The summed E-state index contributed by atoms with van der Waals surface area (Å²) in [4.78, 5) is 23.7. The molecule has 5 nitrogen and oxygen atoms in total. The van der Waals surface area contributed by atoms with Crippen molar-refractivity contribution in [3.63, 3.8) is 0 Å². The molecule has 0 atom stereocenters. The number of ether oxygens (including phenoxy) is 2. The number of carbonyl (C=O) groups is 2. The van der Waals surface area contributed by atoms with E-state index in [-0.39, 0.29) is 25.0 Å². The SMILES string of the molecule is CCCCCCCCCCCCCCCCNc1csc(C(=O)OCCCC(=O)OC)c1. The van der Waals surface area contributed by atoms with Crippen LogP contribution in [0.3, 0.4) is 0 Å². The first kappa shape index (κ1) is 28.5. The van der Waals surface area contributed by atoms with E-state index in [1.54, 1.807) is 0 Å². The Morgan fingerprint density at radius 1 is 0.844 bits per heavy atom. The summed E-state index contributed by atoms with van der Waals surface area (Å²) in [6.45, 7) is 3.44. The second-order valence-corrected chi connectivity index (χ2v) is 9.45. The Balaban J connectivity index is 1.93. The Morgan fingerprint density at radius 2 is 1.41 bits per heavy atom. The maximum atomic E-state index is 12.0. The van der Waals surface area contributed by atoms with Crippen LogP contribution in [0.25, 0.3) is 0 Å². The van der Waals surface area contributed by atoms with E-state index in [0.29, 0.717) is 11.3 Å².